The van der Waals surface area contributed by atoms with Crippen LogP contribution in [0.3, 0.4) is 0 Å². The predicted molar refractivity (Wildman–Crippen MR) is 84.1 cm³/mol. The highest BCUT2D eigenvalue weighted by atomic mass is 79.9. The lowest BCUT2D eigenvalue weighted by Crippen LogP contribution is -2.07. The van der Waals surface area contributed by atoms with Crippen molar-refractivity contribution in [3.05, 3.63) is 62.0 Å². The van der Waals surface area contributed by atoms with Crippen LogP contribution in [0.5, 0.6) is 0 Å². The third-order valence-electron chi connectivity index (χ3n) is 2.62. The topological polar surface area (TPSA) is 52.3 Å². The Balaban J connectivity index is 2.15. The smallest absolute Gasteiger partial charge is 0.339 e. The molecule has 0 saturated carbocycles. The fourth-order valence-corrected chi connectivity index (χ4v) is 2.50. The van der Waals surface area contributed by atoms with Crippen LogP contribution >= 0.6 is 39.1 Å². The van der Waals surface area contributed by atoms with E-state index in [9.17, 15) is 4.79 Å². The van der Waals surface area contributed by atoms with Gasteiger partial charge in [0.25, 0.3) is 0 Å². The molecule has 6 heteroatoms. The molecule has 0 amide bonds. The first kappa shape index (κ1) is 15.2. The molecule has 0 heterocycles. The molecule has 3 nitrogen and oxygen atoms in total. The predicted octanol–water partition coefficient (Wildman–Crippen LogP) is 4.70. The number of nitrogen functional groups attached to an aromatic ring is 1. The number of hydrogen-bond acceptors (Lipinski definition) is 3. The zero-order chi connectivity index (χ0) is 14.7. The minimum absolute atomic E-state index is 0.00141. The SMILES string of the molecule is Nc1ccc(Br)c(C(=O)OCc2c(Cl)cccc2Cl)c1. The first-order valence-corrected chi connectivity index (χ1v) is 7.19. The normalized spacial score (nSPS) is 10.3. The minimum Gasteiger partial charge on any atom is -0.457 e. The van der Waals surface area contributed by atoms with Gasteiger partial charge in [-0.25, -0.2) is 4.79 Å². The highest BCUT2D eigenvalue weighted by Crippen LogP contribution is 2.26. The van der Waals surface area contributed by atoms with Crippen LogP contribution in [0.15, 0.2) is 40.9 Å². The summed E-state index contributed by atoms with van der Waals surface area (Å²) in [6, 6.07) is 10.0. The van der Waals surface area contributed by atoms with E-state index in [1.807, 2.05) is 0 Å². The van der Waals surface area contributed by atoms with Gasteiger partial charge < -0.3 is 10.5 Å². The lowest BCUT2D eigenvalue weighted by atomic mass is 10.2. The van der Waals surface area contributed by atoms with Crippen LogP contribution in [0.25, 0.3) is 0 Å². The van der Waals surface area contributed by atoms with E-state index in [4.69, 9.17) is 33.7 Å². The third-order valence-corrected chi connectivity index (χ3v) is 4.02. The van der Waals surface area contributed by atoms with Crippen LogP contribution < -0.4 is 5.73 Å². The van der Waals surface area contributed by atoms with Gasteiger partial charge >= 0.3 is 5.97 Å². The molecule has 0 saturated heterocycles. The molecule has 2 aromatic rings. The van der Waals surface area contributed by atoms with Crippen LogP contribution in [0.4, 0.5) is 5.69 Å². The monoisotopic (exact) mass is 373 g/mol. The number of carbonyl (C=O) groups excluding carboxylic acids is 1. The molecular weight excluding hydrogens is 365 g/mol. The Kier molecular flexibility index (Phi) is 4.91. The van der Waals surface area contributed by atoms with Crippen molar-refractivity contribution < 1.29 is 9.53 Å². The minimum atomic E-state index is -0.500. The van der Waals surface area contributed by atoms with Crippen molar-refractivity contribution in [1.82, 2.24) is 0 Å². The lowest BCUT2D eigenvalue weighted by Gasteiger charge is -2.09. The molecule has 2 aromatic carbocycles. The number of carbonyl (C=O) groups is 1. The first-order chi connectivity index (χ1) is 9.49. The Morgan fingerprint density at radius 1 is 1.20 bits per heavy atom. The summed E-state index contributed by atoms with van der Waals surface area (Å²) in [6.45, 7) is -0.00141. The number of benzene rings is 2. The number of rotatable bonds is 3. The standard InChI is InChI=1S/C14H10BrCl2NO2/c15-11-5-4-8(18)6-9(11)14(19)20-7-10-12(16)2-1-3-13(10)17/h1-6H,7,18H2. The van der Waals surface area contributed by atoms with Crippen LogP contribution in [0.1, 0.15) is 15.9 Å². The summed E-state index contributed by atoms with van der Waals surface area (Å²) < 4.78 is 5.83. The van der Waals surface area contributed by atoms with E-state index in [2.05, 4.69) is 15.9 Å². The van der Waals surface area contributed by atoms with Crippen LogP contribution in [-0.2, 0) is 11.3 Å². The molecule has 2 N–H and O–H groups in total. The molecule has 0 radical (unpaired) electrons. The molecule has 0 aliphatic rings. The zero-order valence-electron chi connectivity index (χ0n) is 10.2. The van der Waals surface area contributed by atoms with E-state index < -0.39 is 5.97 Å². The van der Waals surface area contributed by atoms with Gasteiger partial charge in [-0.05, 0) is 46.3 Å². The maximum Gasteiger partial charge on any atom is 0.339 e. The van der Waals surface area contributed by atoms with Crippen molar-refractivity contribution in [1.29, 1.82) is 0 Å². The van der Waals surface area contributed by atoms with E-state index in [-0.39, 0.29) is 6.61 Å². The number of nitrogens with two attached hydrogens (primary N) is 1. The molecule has 2 rings (SSSR count). The summed E-state index contributed by atoms with van der Waals surface area (Å²) in [5, 5.41) is 0.911. The lowest BCUT2D eigenvalue weighted by molar-refractivity contribution is 0.0472. The summed E-state index contributed by atoms with van der Waals surface area (Å²) >= 11 is 15.3. The maximum atomic E-state index is 12.0. The summed E-state index contributed by atoms with van der Waals surface area (Å²) in [5.41, 5.74) is 7.06. The molecule has 0 unspecified atom stereocenters. The second-order valence-electron chi connectivity index (χ2n) is 4.02. The molecule has 0 fully saturated rings. The Labute approximate surface area is 134 Å². The van der Waals surface area contributed by atoms with Crippen molar-refractivity contribution in [3.8, 4) is 0 Å². The molecule has 0 spiro atoms. The number of esters is 1. The number of ether oxygens (including phenoxy) is 1. The Morgan fingerprint density at radius 3 is 2.50 bits per heavy atom. The number of anilines is 1. The molecule has 0 bridgehead atoms. The van der Waals surface area contributed by atoms with E-state index in [1.54, 1.807) is 36.4 Å². The van der Waals surface area contributed by atoms with Crippen molar-refractivity contribution in [2.45, 2.75) is 6.61 Å². The van der Waals surface area contributed by atoms with E-state index >= 15 is 0 Å². The van der Waals surface area contributed by atoms with Crippen LogP contribution in [0.2, 0.25) is 10.0 Å². The van der Waals surface area contributed by atoms with Gasteiger partial charge in [0.2, 0.25) is 0 Å². The maximum absolute atomic E-state index is 12.0. The second kappa shape index (κ2) is 6.48. The largest absolute Gasteiger partial charge is 0.457 e. The Morgan fingerprint density at radius 2 is 1.85 bits per heavy atom. The van der Waals surface area contributed by atoms with E-state index in [1.165, 1.54) is 0 Å². The van der Waals surface area contributed by atoms with Crippen LogP contribution in [0, 0.1) is 0 Å². The van der Waals surface area contributed by atoms with Gasteiger partial charge in [0.1, 0.15) is 6.61 Å². The van der Waals surface area contributed by atoms with Crippen LogP contribution in [-0.4, -0.2) is 5.97 Å². The van der Waals surface area contributed by atoms with E-state index in [0.717, 1.165) is 0 Å². The highest BCUT2D eigenvalue weighted by molar-refractivity contribution is 9.10. The van der Waals surface area contributed by atoms with Crippen molar-refractivity contribution in [3.63, 3.8) is 0 Å². The molecule has 0 aromatic heterocycles. The molecule has 20 heavy (non-hydrogen) atoms. The average Bonchev–Trinajstić information content (AvgIpc) is 2.40. The van der Waals surface area contributed by atoms with Gasteiger partial charge in [0.15, 0.2) is 0 Å². The van der Waals surface area contributed by atoms with Gasteiger partial charge in [-0.3, -0.25) is 0 Å². The summed E-state index contributed by atoms with van der Waals surface area (Å²) in [7, 11) is 0. The van der Waals surface area contributed by atoms with Crippen molar-refractivity contribution in [2.24, 2.45) is 0 Å². The quantitative estimate of drug-likeness (QED) is 0.626. The number of halogens is 3. The van der Waals surface area contributed by atoms with Crippen molar-refractivity contribution >= 4 is 50.8 Å². The van der Waals surface area contributed by atoms with E-state index in [0.29, 0.717) is 31.3 Å². The molecule has 0 aliphatic heterocycles. The van der Waals surface area contributed by atoms with Crippen molar-refractivity contribution in [2.75, 3.05) is 5.73 Å². The third kappa shape index (κ3) is 3.45. The van der Waals surface area contributed by atoms with Gasteiger partial charge in [0.05, 0.1) is 5.56 Å². The summed E-state index contributed by atoms with van der Waals surface area (Å²) in [6.07, 6.45) is 0. The fourth-order valence-electron chi connectivity index (χ4n) is 1.59. The molecule has 0 aliphatic carbocycles. The highest BCUT2D eigenvalue weighted by Gasteiger charge is 2.14. The zero-order valence-corrected chi connectivity index (χ0v) is 13.3. The van der Waals surface area contributed by atoms with Gasteiger partial charge in [-0.2, -0.15) is 0 Å². The average molecular weight is 375 g/mol. The molecule has 104 valence electrons. The Bertz CT molecular complexity index is 641. The van der Waals surface area contributed by atoms with Gasteiger partial charge in [0, 0.05) is 25.8 Å². The van der Waals surface area contributed by atoms with Gasteiger partial charge in [-0.1, -0.05) is 29.3 Å². The first-order valence-electron chi connectivity index (χ1n) is 5.64. The summed E-state index contributed by atoms with van der Waals surface area (Å²) in [5.74, 6) is -0.500. The number of hydrogen-bond donors (Lipinski definition) is 1. The second-order valence-corrected chi connectivity index (χ2v) is 5.68. The summed E-state index contributed by atoms with van der Waals surface area (Å²) in [4.78, 5) is 12.0. The molecule has 0 atom stereocenters. The van der Waals surface area contributed by atoms with Gasteiger partial charge in [-0.15, -0.1) is 0 Å². The Hall–Kier alpha value is -1.23. The fraction of sp³-hybridized carbons (Fsp3) is 0.0714. The molecular formula is C14H10BrCl2NO2.